The SMILES string of the molecule is CCCCCCCCCCCCCC[Se](CCCCCCCCCCCCCC)(CCCCCCCCCCCCCC)CC(=O)C(O)C(O)CO. The van der Waals surface area contributed by atoms with Crippen LogP contribution in [0.5, 0.6) is 0 Å². The summed E-state index contributed by atoms with van der Waals surface area (Å²) in [5, 5.41) is 34.4. The Bertz CT molecular complexity index is 646. The molecule has 0 aromatic heterocycles. The molecule has 0 fully saturated rings. The van der Waals surface area contributed by atoms with Crippen LogP contribution in [-0.2, 0) is 4.79 Å². The zero-order chi connectivity index (χ0) is 38.2. The summed E-state index contributed by atoms with van der Waals surface area (Å²) in [7, 11) is 0. The normalized spacial score (nSPS) is 13.5. The van der Waals surface area contributed by atoms with Crippen LogP contribution < -0.4 is 0 Å². The van der Waals surface area contributed by atoms with E-state index in [9.17, 15) is 20.1 Å². The van der Waals surface area contributed by atoms with E-state index in [1.54, 1.807) is 0 Å². The summed E-state index contributed by atoms with van der Waals surface area (Å²) in [5.74, 6) is -0.196. The number of carbonyl (C=O) groups excluding carboxylic acids is 1. The van der Waals surface area contributed by atoms with Gasteiger partial charge in [-0.25, -0.2) is 0 Å². The van der Waals surface area contributed by atoms with Gasteiger partial charge < -0.3 is 0 Å². The van der Waals surface area contributed by atoms with Gasteiger partial charge in [-0.3, -0.25) is 0 Å². The van der Waals surface area contributed by atoms with Crippen molar-refractivity contribution in [3.63, 3.8) is 0 Å². The number of unbranched alkanes of at least 4 members (excludes halogenated alkanes) is 33. The maximum absolute atomic E-state index is 13.4. The number of aliphatic hydroxyl groups is 3. The van der Waals surface area contributed by atoms with Crippen molar-refractivity contribution in [2.45, 2.75) is 285 Å². The Morgan fingerprint density at radius 2 is 0.596 bits per heavy atom. The molecule has 0 aliphatic rings. The molecule has 314 valence electrons. The van der Waals surface area contributed by atoms with Crippen molar-refractivity contribution in [3.8, 4) is 0 Å². The molecule has 52 heavy (non-hydrogen) atoms. The van der Waals surface area contributed by atoms with Crippen LogP contribution in [0.4, 0.5) is 0 Å². The molecule has 0 amide bonds. The van der Waals surface area contributed by atoms with E-state index >= 15 is 0 Å². The van der Waals surface area contributed by atoms with Crippen molar-refractivity contribution < 1.29 is 20.1 Å². The number of Topliss-reactive ketones (excluding diaryl/α,β-unsaturated/α-hetero) is 1. The number of carbonyl (C=O) groups is 1. The van der Waals surface area contributed by atoms with Gasteiger partial charge in [-0.1, -0.05) is 40.0 Å². The zero-order valence-corrected chi connectivity index (χ0v) is 37.5. The monoisotopic (exact) mass is 805 g/mol. The topological polar surface area (TPSA) is 77.8 Å². The summed E-state index contributed by atoms with van der Waals surface area (Å²) < 4.78 is 0. The van der Waals surface area contributed by atoms with Crippen LogP contribution in [0.15, 0.2) is 0 Å². The molecule has 0 bridgehead atoms. The Labute approximate surface area is 329 Å². The maximum atomic E-state index is 13.4. The number of hydrogen-bond acceptors (Lipinski definition) is 4. The number of rotatable bonds is 44. The average Bonchev–Trinajstić information content (AvgIpc) is 3.15. The number of ketones is 1. The van der Waals surface area contributed by atoms with Crippen LogP contribution in [0.3, 0.4) is 0 Å². The molecule has 0 saturated carbocycles. The van der Waals surface area contributed by atoms with Crippen LogP contribution in [-0.4, -0.2) is 52.8 Å². The third-order valence-electron chi connectivity index (χ3n) is 11.6. The van der Waals surface area contributed by atoms with Gasteiger partial charge in [0.05, 0.1) is 0 Å². The molecule has 2 unspecified atom stereocenters. The molecule has 5 heteroatoms. The Morgan fingerprint density at radius 3 is 0.808 bits per heavy atom. The number of hydrogen-bond donors (Lipinski definition) is 3. The molecule has 0 saturated heterocycles. The minimum absolute atomic E-state index is 0.196. The summed E-state index contributed by atoms with van der Waals surface area (Å²) in [4.78, 5) is 13.4. The first-order valence-electron chi connectivity index (χ1n) is 23.7. The summed E-state index contributed by atoms with van der Waals surface area (Å²) in [6, 6.07) is 0. The van der Waals surface area contributed by atoms with E-state index in [0.29, 0.717) is 5.32 Å². The first-order valence-corrected chi connectivity index (χ1v) is 28.5. The second kappa shape index (κ2) is 40.7. The third-order valence-corrected chi connectivity index (χ3v) is 20.8. The fraction of sp³-hybridized carbons (Fsp3) is 0.979. The van der Waals surface area contributed by atoms with E-state index in [0.717, 1.165) is 0 Å². The molecular weight excluding hydrogens is 707 g/mol. The molecule has 0 heterocycles. The van der Waals surface area contributed by atoms with Crippen LogP contribution in [0.1, 0.15) is 252 Å². The van der Waals surface area contributed by atoms with Crippen molar-refractivity contribution in [2.24, 2.45) is 0 Å². The van der Waals surface area contributed by atoms with Gasteiger partial charge in [-0.2, -0.15) is 0 Å². The quantitative estimate of drug-likeness (QED) is 0.0423. The molecule has 0 aliphatic carbocycles. The fourth-order valence-corrected chi connectivity index (χ4v) is 16.9. The standard InChI is InChI=1S/C47H96O4Se/c1-4-7-10-13-16-19-22-25-28-31-34-37-40-52(44-46(50)47(51)45(49)43-48,41-38-35-32-29-26-23-20-17-14-11-8-5-2)42-39-36-33-30-27-24-21-18-15-12-9-6-3/h45,47-49,51H,4-44H2,1-3H3. The second-order valence-electron chi connectivity index (χ2n) is 16.8. The van der Waals surface area contributed by atoms with Gasteiger partial charge in [0.25, 0.3) is 0 Å². The van der Waals surface area contributed by atoms with Crippen molar-refractivity contribution in [3.05, 3.63) is 0 Å². The third kappa shape index (κ3) is 33.4. The Balaban J connectivity index is 5.00. The van der Waals surface area contributed by atoms with Crippen LogP contribution in [0.2, 0.25) is 21.3 Å². The summed E-state index contributed by atoms with van der Waals surface area (Å²) in [6.07, 6.45) is 45.7. The fourth-order valence-electron chi connectivity index (χ4n) is 7.97. The van der Waals surface area contributed by atoms with Gasteiger partial charge in [0.15, 0.2) is 0 Å². The van der Waals surface area contributed by atoms with Crippen molar-refractivity contribution in [2.75, 3.05) is 6.61 Å². The molecule has 0 aromatic rings. The average molecular weight is 804 g/mol. The molecule has 0 spiro atoms. The van der Waals surface area contributed by atoms with Gasteiger partial charge in [-0.05, 0) is 0 Å². The van der Waals surface area contributed by atoms with Crippen molar-refractivity contribution in [1.29, 1.82) is 0 Å². The Hall–Kier alpha value is 0.0695. The van der Waals surface area contributed by atoms with E-state index in [-0.39, 0.29) is 5.78 Å². The van der Waals surface area contributed by atoms with Gasteiger partial charge in [0.1, 0.15) is 0 Å². The summed E-state index contributed by atoms with van der Waals surface area (Å²) in [6.45, 7) is 6.30. The van der Waals surface area contributed by atoms with Gasteiger partial charge in [0, 0.05) is 0 Å². The minimum atomic E-state index is -2.21. The molecule has 0 radical (unpaired) electrons. The van der Waals surface area contributed by atoms with E-state index < -0.39 is 31.7 Å². The van der Waals surface area contributed by atoms with Gasteiger partial charge >= 0.3 is 291 Å². The molecular formula is C47H96O4Se. The molecule has 0 rings (SSSR count). The van der Waals surface area contributed by atoms with Crippen molar-refractivity contribution in [1.82, 2.24) is 0 Å². The van der Waals surface area contributed by atoms with Gasteiger partial charge in [-0.15, -0.1) is 0 Å². The predicted octanol–water partition coefficient (Wildman–Crippen LogP) is 14.8. The Morgan fingerprint density at radius 1 is 0.385 bits per heavy atom. The van der Waals surface area contributed by atoms with E-state index in [2.05, 4.69) is 20.8 Å². The zero-order valence-electron chi connectivity index (χ0n) is 35.8. The predicted molar refractivity (Wildman–Crippen MR) is 232 cm³/mol. The first-order chi connectivity index (χ1) is 25.5. The molecule has 0 aromatic carbocycles. The Kier molecular flexibility index (Phi) is 40.8. The van der Waals surface area contributed by atoms with E-state index in [1.165, 1.54) is 247 Å². The molecule has 3 N–H and O–H groups in total. The van der Waals surface area contributed by atoms with Crippen LogP contribution >= 0.6 is 0 Å². The van der Waals surface area contributed by atoms with E-state index in [4.69, 9.17) is 0 Å². The summed E-state index contributed by atoms with van der Waals surface area (Å²) in [5.41, 5.74) is 0. The first kappa shape index (κ1) is 52.1. The van der Waals surface area contributed by atoms with Crippen LogP contribution in [0.25, 0.3) is 0 Å². The molecule has 0 aliphatic heterocycles. The molecule has 4 nitrogen and oxygen atoms in total. The van der Waals surface area contributed by atoms with E-state index in [1.807, 2.05) is 0 Å². The van der Waals surface area contributed by atoms with Crippen molar-refractivity contribution >= 4 is 18.6 Å². The van der Waals surface area contributed by atoms with Crippen LogP contribution in [0, 0.1) is 0 Å². The summed E-state index contributed by atoms with van der Waals surface area (Å²) >= 11 is -2.21. The van der Waals surface area contributed by atoms with Gasteiger partial charge in [0.2, 0.25) is 0 Å². The number of aliphatic hydroxyl groups excluding tert-OH is 3. The molecule has 2 atom stereocenters. The second-order valence-corrected chi connectivity index (χ2v) is 25.1.